The topological polar surface area (TPSA) is 235 Å². The van der Waals surface area contributed by atoms with Crippen LogP contribution in [0.4, 0.5) is 0 Å². The van der Waals surface area contributed by atoms with Gasteiger partial charge in [-0.1, -0.05) is 0 Å². The fourth-order valence-corrected chi connectivity index (χ4v) is 3.26. The van der Waals surface area contributed by atoms with Gasteiger partial charge in [-0.15, -0.1) is 0 Å². The molecule has 2 aromatic carbocycles. The normalized spacial score (nSPS) is 24.8. The van der Waals surface area contributed by atoms with E-state index in [1.54, 1.807) is 0 Å². The van der Waals surface area contributed by atoms with Crippen LogP contribution in [0.2, 0.25) is 0 Å². The summed E-state index contributed by atoms with van der Waals surface area (Å²) in [6.07, 6.45) is -9.08. The van der Waals surface area contributed by atoms with Crippen molar-refractivity contribution < 1.29 is 65.0 Å². The highest BCUT2D eigenvalue weighted by molar-refractivity contribution is 5.92. The maximum Gasteiger partial charge on any atom is 0.338 e. The summed E-state index contributed by atoms with van der Waals surface area (Å²) in [5.74, 6) is -7.42. The van der Waals surface area contributed by atoms with Gasteiger partial charge in [0.05, 0.1) is 17.2 Å². The number of hydrogen-bond acceptors (Lipinski definition) is 13. The van der Waals surface area contributed by atoms with Crippen molar-refractivity contribution >= 4 is 11.9 Å². The summed E-state index contributed by atoms with van der Waals surface area (Å²) in [7, 11) is 0. The Labute approximate surface area is 184 Å². The summed E-state index contributed by atoms with van der Waals surface area (Å²) >= 11 is 0. The minimum Gasteiger partial charge on any atom is -0.504 e. The number of rotatable bonds is 4. The summed E-state index contributed by atoms with van der Waals surface area (Å²) in [4.78, 5) is 24.5. The fourth-order valence-electron chi connectivity index (χ4n) is 3.26. The van der Waals surface area contributed by atoms with Crippen molar-refractivity contribution in [1.29, 1.82) is 0 Å². The third-order valence-corrected chi connectivity index (χ3v) is 5.03. The summed E-state index contributed by atoms with van der Waals surface area (Å²) in [6.45, 7) is 0. The molecule has 13 nitrogen and oxygen atoms in total. The van der Waals surface area contributed by atoms with Gasteiger partial charge < -0.3 is 55.4 Å². The molecule has 1 aliphatic rings. The first-order valence-electron chi connectivity index (χ1n) is 9.36. The lowest BCUT2D eigenvalue weighted by Crippen LogP contribution is -2.58. The molecule has 1 saturated carbocycles. The number of phenolic OH excluding ortho intramolecular Hbond substituents is 6. The van der Waals surface area contributed by atoms with Crippen LogP contribution in [-0.4, -0.2) is 88.4 Å². The smallest absolute Gasteiger partial charge is 0.338 e. The number of hydrogen-bond donors (Lipinski definition) is 9. The average Bonchev–Trinajstić information content (AvgIpc) is 2.75. The van der Waals surface area contributed by atoms with E-state index in [4.69, 9.17) is 9.47 Å². The molecule has 13 heteroatoms. The Kier molecular flexibility index (Phi) is 6.39. The zero-order chi connectivity index (χ0) is 24.6. The second kappa shape index (κ2) is 8.90. The van der Waals surface area contributed by atoms with Crippen LogP contribution in [0, 0.1) is 0 Å². The monoisotopic (exact) mass is 468 g/mol. The number of esters is 2. The fraction of sp³-hybridized carbons (Fsp3) is 0.300. The number of carbonyl (C=O) groups excluding carboxylic acids is 2. The molecular weight excluding hydrogens is 448 g/mol. The van der Waals surface area contributed by atoms with Crippen LogP contribution in [0.1, 0.15) is 27.1 Å². The van der Waals surface area contributed by atoms with E-state index < -0.39 is 94.5 Å². The van der Waals surface area contributed by atoms with Gasteiger partial charge in [-0.3, -0.25) is 0 Å². The first-order chi connectivity index (χ1) is 15.4. The predicted octanol–water partition coefficient (Wildman–Crippen LogP) is -0.842. The van der Waals surface area contributed by atoms with E-state index in [1.165, 1.54) is 0 Å². The molecule has 0 bridgehead atoms. The van der Waals surface area contributed by atoms with Gasteiger partial charge in [-0.05, 0) is 24.3 Å². The second-order valence-electron chi connectivity index (χ2n) is 7.32. The molecule has 5 atom stereocenters. The van der Waals surface area contributed by atoms with Crippen molar-refractivity contribution in [2.75, 3.05) is 0 Å². The lowest BCUT2D eigenvalue weighted by atomic mass is 9.87. The highest BCUT2D eigenvalue weighted by atomic mass is 16.6. The Morgan fingerprint density at radius 1 is 0.667 bits per heavy atom. The van der Waals surface area contributed by atoms with Crippen molar-refractivity contribution in [2.45, 2.75) is 36.9 Å². The maximum absolute atomic E-state index is 12.3. The zero-order valence-electron chi connectivity index (χ0n) is 16.6. The van der Waals surface area contributed by atoms with Crippen molar-refractivity contribution in [2.24, 2.45) is 0 Å². The van der Waals surface area contributed by atoms with Crippen molar-refractivity contribution in [3.63, 3.8) is 0 Å². The average molecular weight is 468 g/mol. The molecule has 1 fully saturated rings. The van der Waals surface area contributed by atoms with Crippen molar-refractivity contribution in [1.82, 2.24) is 0 Å². The second-order valence-corrected chi connectivity index (χ2v) is 7.32. The number of carbonyl (C=O) groups is 2. The Hall–Kier alpha value is -3.94. The van der Waals surface area contributed by atoms with Crippen LogP contribution in [0.15, 0.2) is 24.3 Å². The van der Waals surface area contributed by atoms with E-state index in [2.05, 4.69) is 0 Å². The molecule has 0 aliphatic heterocycles. The molecule has 0 spiro atoms. The zero-order valence-corrected chi connectivity index (χ0v) is 16.6. The third kappa shape index (κ3) is 4.64. The highest BCUT2D eigenvalue weighted by Crippen LogP contribution is 2.37. The molecule has 5 unspecified atom stereocenters. The first kappa shape index (κ1) is 23.7. The van der Waals surface area contributed by atoms with E-state index in [9.17, 15) is 55.5 Å². The summed E-state index contributed by atoms with van der Waals surface area (Å²) in [6, 6.07) is 3.10. The van der Waals surface area contributed by atoms with Crippen LogP contribution >= 0.6 is 0 Å². The third-order valence-electron chi connectivity index (χ3n) is 5.03. The predicted molar refractivity (Wildman–Crippen MR) is 104 cm³/mol. The van der Waals surface area contributed by atoms with Gasteiger partial charge in [-0.2, -0.15) is 0 Å². The minimum atomic E-state index is -1.93. The van der Waals surface area contributed by atoms with Gasteiger partial charge >= 0.3 is 11.9 Å². The van der Waals surface area contributed by atoms with Crippen molar-refractivity contribution in [3.05, 3.63) is 35.4 Å². The van der Waals surface area contributed by atoms with Gasteiger partial charge in [0.25, 0.3) is 0 Å². The van der Waals surface area contributed by atoms with Crippen LogP contribution in [0.5, 0.6) is 34.5 Å². The van der Waals surface area contributed by atoms with Crippen LogP contribution < -0.4 is 0 Å². The van der Waals surface area contributed by atoms with Gasteiger partial charge in [0.1, 0.15) is 18.3 Å². The van der Waals surface area contributed by atoms with Gasteiger partial charge in [-0.25, -0.2) is 9.59 Å². The van der Waals surface area contributed by atoms with E-state index in [0.29, 0.717) is 0 Å². The molecule has 9 N–H and O–H groups in total. The van der Waals surface area contributed by atoms with Gasteiger partial charge in [0.2, 0.25) is 0 Å². The number of benzene rings is 2. The molecule has 3 rings (SSSR count). The molecule has 0 saturated heterocycles. The number of ether oxygens (including phenoxy) is 2. The van der Waals surface area contributed by atoms with E-state index >= 15 is 0 Å². The summed E-state index contributed by atoms with van der Waals surface area (Å²) < 4.78 is 9.98. The molecule has 2 aromatic rings. The lowest BCUT2D eigenvalue weighted by Gasteiger charge is -2.39. The molecule has 33 heavy (non-hydrogen) atoms. The molecule has 1 aliphatic carbocycles. The van der Waals surface area contributed by atoms with E-state index in [1.807, 2.05) is 0 Å². The quantitative estimate of drug-likeness (QED) is 0.197. The first-order valence-corrected chi connectivity index (χ1v) is 9.36. The maximum atomic E-state index is 12.3. The Morgan fingerprint density at radius 3 is 1.48 bits per heavy atom. The van der Waals surface area contributed by atoms with Gasteiger partial charge in [0, 0.05) is 6.42 Å². The van der Waals surface area contributed by atoms with Crippen LogP contribution in [-0.2, 0) is 9.47 Å². The number of aromatic hydroxyl groups is 6. The Morgan fingerprint density at radius 2 is 1.06 bits per heavy atom. The van der Waals surface area contributed by atoms with E-state index in [0.717, 1.165) is 24.3 Å². The number of aliphatic hydroxyl groups excluding tert-OH is 3. The Bertz CT molecular complexity index is 1040. The standard InChI is InChI=1S/C20H20O13/c21-8-1-6(2-9(22)14(8)26)19(30)32-13-5-12(25)18(17(29)16(13)28)33-20(31)7-3-10(23)15(27)11(24)4-7/h1-4,12-13,16-18,21-29H,5H2. The molecule has 0 radical (unpaired) electrons. The lowest BCUT2D eigenvalue weighted by molar-refractivity contribution is -0.178. The molecule has 0 aromatic heterocycles. The van der Waals surface area contributed by atoms with Crippen molar-refractivity contribution in [3.8, 4) is 34.5 Å². The SMILES string of the molecule is O=C(OC1CC(O)C(OC(=O)c2cc(O)c(O)c(O)c2)C(O)C1O)c1cc(O)c(O)c(O)c1. The Balaban J connectivity index is 1.71. The van der Waals surface area contributed by atoms with Crippen LogP contribution in [0.25, 0.3) is 0 Å². The molecular formula is C20H20O13. The summed E-state index contributed by atoms with van der Waals surface area (Å²) in [5, 5.41) is 87.5. The molecule has 0 heterocycles. The number of phenols is 6. The van der Waals surface area contributed by atoms with Gasteiger partial charge in [0.15, 0.2) is 40.6 Å². The van der Waals surface area contributed by atoms with Crippen LogP contribution in [0.3, 0.4) is 0 Å². The highest BCUT2D eigenvalue weighted by Gasteiger charge is 2.47. The summed E-state index contributed by atoms with van der Waals surface area (Å²) in [5.41, 5.74) is -0.836. The van der Waals surface area contributed by atoms with E-state index in [-0.39, 0.29) is 0 Å². The number of aliphatic hydroxyl groups is 3. The minimum absolute atomic E-state index is 0.403. The largest absolute Gasteiger partial charge is 0.504 e. The molecule has 0 amide bonds. The molecule has 178 valence electrons.